The summed E-state index contributed by atoms with van der Waals surface area (Å²) >= 11 is 1.43. The molecule has 0 radical (unpaired) electrons. The fourth-order valence-corrected chi connectivity index (χ4v) is 6.64. The van der Waals surface area contributed by atoms with Gasteiger partial charge in [0.15, 0.2) is 5.65 Å². The Morgan fingerprint density at radius 1 is 1.33 bits per heavy atom. The van der Waals surface area contributed by atoms with Crippen LogP contribution in [-0.4, -0.2) is 42.2 Å². The Hall–Kier alpha value is -2.78. The first kappa shape index (κ1) is 19.2. The van der Waals surface area contributed by atoms with Gasteiger partial charge in [-0.3, -0.25) is 13.4 Å². The highest BCUT2D eigenvalue weighted by molar-refractivity contribution is 7.87. The third kappa shape index (κ3) is 2.84. The molecule has 0 aliphatic carbocycles. The average Bonchev–Trinajstić information content (AvgIpc) is 3.42. The SMILES string of the molecule is CCCCS(=O)c1sc2c(nc(-c3ccc4c(c3)CN(C)C4=O)c3nccn32)c1N. The number of hydrogen-bond acceptors (Lipinski definition) is 6. The Labute approximate surface area is 180 Å². The zero-order valence-corrected chi connectivity index (χ0v) is 18.3. The molecule has 0 saturated carbocycles. The number of nitrogens with zero attached hydrogens (tertiary/aromatic N) is 4. The Bertz CT molecular complexity index is 1340. The molecule has 0 bridgehead atoms. The quantitative estimate of drug-likeness (QED) is 0.512. The van der Waals surface area contributed by atoms with E-state index in [9.17, 15) is 9.00 Å². The first-order chi connectivity index (χ1) is 14.5. The Morgan fingerprint density at radius 3 is 2.97 bits per heavy atom. The average molecular weight is 440 g/mol. The van der Waals surface area contributed by atoms with Gasteiger partial charge in [0.2, 0.25) is 0 Å². The van der Waals surface area contributed by atoms with E-state index in [0.29, 0.717) is 39.1 Å². The highest BCUT2D eigenvalue weighted by Crippen LogP contribution is 2.38. The molecule has 4 aromatic rings. The molecule has 1 amide bonds. The van der Waals surface area contributed by atoms with Gasteiger partial charge in [0.05, 0.1) is 16.5 Å². The third-order valence-electron chi connectivity index (χ3n) is 5.42. The van der Waals surface area contributed by atoms with Crippen molar-refractivity contribution in [2.24, 2.45) is 0 Å². The van der Waals surface area contributed by atoms with E-state index in [0.717, 1.165) is 34.4 Å². The number of benzene rings is 1. The number of amides is 1. The van der Waals surface area contributed by atoms with Gasteiger partial charge < -0.3 is 10.6 Å². The molecule has 1 atom stereocenters. The summed E-state index contributed by atoms with van der Waals surface area (Å²) < 4.78 is 15.4. The van der Waals surface area contributed by atoms with Crippen molar-refractivity contribution in [3.05, 3.63) is 41.7 Å². The number of nitrogen functional groups attached to an aromatic ring is 1. The van der Waals surface area contributed by atoms with Crippen molar-refractivity contribution >= 4 is 49.7 Å². The minimum absolute atomic E-state index is 0.0344. The normalized spacial score (nSPS) is 14.7. The summed E-state index contributed by atoms with van der Waals surface area (Å²) in [7, 11) is 0.656. The number of carbonyl (C=O) groups is 1. The molecule has 1 aliphatic rings. The summed E-state index contributed by atoms with van der Waals surface area (Å²) in [6, 6.07) is 5.76. The number of aromatic nitrogens is 3. The number of fused-ring (bicyclic) bond motifs is 4. The van der Waals surface area contributed by atoms with Crippen LogP contribution in [0.1, 0.15) is 35.7 Å². The summed E-state index contributed by atoms with van der Waals surface area (Å²) in [5, 5.41) is 0. The van der Waals surface area contributed by atoms with Crippen LogP contribution in [0.2, 0.25) is 0 Å². The topological polar surface area (TPSA) is 93.6 Å². The second-order valence-electron chi connectivity index (χ2n) is 7.47. The van der Waals surface area contributed by atoms with Crippen LogP contribution in [0.25, 0.3) is 27.3 Å². The maximum absolute atomic E-state index is 12.8. The standard InChI is InChI=1S/C21H21N5O2S2/c1-3-4-9-30(28)21-15(22)17-20(29-21)26-8-7-23-18(26)16(24-17)12-5-6-14-13(10-12)11-25(2)19(14)27/h5-8,10H,3-4,9,11,22H2,1-2H3. The maximum atomic E-state index is 12.8. The molecule has 1 unspecified atom stereocenters. The van der Waals surface area contributed by atoms with Crippen LogP contribution in [0, 0.1) is 0 Å². The Kier molecular flexibility index (Phi) is 4.59. The number of unbranched alkanes of at least 4 members (excludes halogenated alkanes) is 1. The molecule has 2 N–H and O–H groups in total. The molecule has 30 heavy (non-hydrogen) atoms. The zero-order chi connectivity index (χ0) is 21.0. The lowest BCUT2D eigenvalue weighted by atomic mass is 10.0. The lowest BCUT2D eigenvalue weighted by molar-refractivity contribution is 0.0816. The van der Waals surface area contributed by atoms with Gasteiger partial charge in [-0.25, -0.2) is 9.97 Å². The van der Waals surface area contributed by atoms with Crippen LogP contribution in [0.3, 0.4) is 0 Å². The van der Waals surface area contributed by atoms with Crippen molar-refractivity contribution in [3.8, 4) is 11.3 Å². The number of imidazole rings is 1. The smallest absolute Gasteiger partial charge is 0.254 e. The van der Waals surface area contributed by atoms with Crippen molar-refractivity contribution in [1.29, 1.82) is 0 Å². The number of carbonyl (C=O) groups excluding carboxylic acids is 1. The van der Waals surface area contributed by atoms with E-state index in [2.05, 4.69) is 11.9 Å². The third-order valence-corrected chi connectivity index (χ3v) is 8.50. The predicted octanol–water partition coefficient (Wildman–Crippen LogP) is 3.69. The van der Waals surface area contributed by atoms with E-state index >= 15 is 0 Å². The largest absolute Gasteiger partial charge is 0.395 e. The molecule has 1 aromatic carbocycles. The molecule has 0 saturated heterocycles. The van der Waals surface area contributed by atoms with Gasteiger partial charge in [-0.2, -0.15) is 0 Å². The number of nitrogens with two attached hydrogens (primary N) is 1. The van der Waals surface area contributed by atoms with Gasteiger partial charge in [0.1, 0.15) is 20.3 Å². The van der Waals surface area contributed by atoms with Crippen LogP contribution >= 0.6 is 11.3 Å². The van der Waals surface area contributed by atoms with Gasteiger partial charge in [-0.05, 0) is 24.1 Å². The molecule has 9 heteroatoms. The van der Waals surface area contributed by atoms with Crippen molar-refractivity contribution in [3.63, 3.8) is 0 Å². The number of thiophene rings is 1. The summed E-state index contributed by atoms with van der Waals surface area (Å²) in [4.78, 5) is 24.1. The van der Waals surface area contributed by atoms with Gasteiger partial charge in [-0.15, -0.1) is 11.3 Å². The van der Waals surface area contributed by atoms with Crippen LogP contribution in [0.15, 0.2) is 34.8 Å². The van der Waals surface area contributed by atoms with Crippen LogP contribution < -0.4 is 5.73 Å². The minimum Gasteiger partial charge on any atom is -0.395 e. The van der Waals surface area contributed by atoms with Gasteiger partial charge in [-0.1, -0.05) is 19.4 Å². The first-order valence-electron chi connectivity index (χ1n) is 9.81. The molecule has 5 rings (SSSR count). The van der Waals surface area contributed by atoms with Crippen LogP contribution in [-0.2, 0) is 17.3 Å². The zero-order valence-electron chi connectivity index (χ0n) is 16.7. The molecule has 154 valence electrons. The van der Waals surface area contributed by atoms with E-state index in [1.54, 1.807) is 18.1 Å². The summed E-state index contributed by atoms with van der Waals surface area (Å²) in [6.45, 7) is 2.66. The Morgan fingerprint density at radius 2 is 2.17 bits per heavy atom. The summed E-state index contributed by atoms with van der Waals surface area (Å²) in [5.74, 6) is 0.631. The molecular formula is C21H21N5O2S2. The summed E-state index contributed by atoms with van der Waals surface area (Å²) in [5.41, 5.74) is 11.6. The maximum Gasteiger partial charge on any atom is 0.254 e. The Balaban J connectivity index is 1.69. The van der Waals surface area contributed by atoms with Gasteiger partial charge in [0, 0.05) is 42.9 Å². The molecular weight excluding hydrogens is 418 g/mol. The number of hydrogen-bond donors (Lipinski definition) is 1. The first-order valence-corrected chi connectivity index (χ1v) is 11.9. The van der Waals surface area contributed by atoms with Crippen LogP contribution in [0.4, 0.5) is 5.69 Å². The molecule has 7 nitrogen and oxygen atoms in total. The van der Waals surface area contributed by atoms with E-state index in [4.69, 9.17) is 10.7 Å². The van der Waals surface area contributed by atoms with Crippen molar-refractivity contribution < 1.29 is 9.00 Å². The minimum atomic E-state index is -1.14. The number of rotatable bonds is 5. The lowest BCUT2D eigenvalue weighted by Gasteiger charge is -2.07. The van der Waals surface area contributed by atoms with E-state index < -0.39 is 10.8 Å². The lowest BCUT2D eigenvalue weighted by Crippen LogP contribution is -2.17. The second-order valence-corrected chi connectivity index (χ2v) is 10.2. The molecule has 0 spiro atoms. The molecule has 3 aromatic heterocycles. The van der Waals surface area contributed by atoms with Crippen LogP contribution in [0.5, 0.6) is 0 Å². The van der Waals surface area contributed by atoms with E-state index in [1.165, 1.54) is 11.3 Å². The van der Waals surface area contributed by atoms with E-state index in [-0.39, 0.29) is 5.91 Å². The monoisotopic (exact) mass is 439 g/mol. The molecule has 4 heterocycles. The molecule has 1 aliphatic heterocycles. The number of anilines is 1. The highest BCUT2D eigenvalue weighted by Gasteiger charge is 2.26. The highest BCUT2D eigenvalue weighted by atomic mass is 32.2. The van der Waals surface area contributed by atoms with E-state index in [1.807, 2.05) is 28.8 Å². The van der Waals surface area contributed by atoms with Crippen molar-refractivity contribution in [1.82, 2.24) is 19.3 Å². The molecule has 0 fully saturated rings. The fourth-order valence-electron chi connectivity index (χ4n) is 3.82. The predicted molar refractivity (Wildman–Crippen MR) is 120 cm³/mol. The van der Waals surface area contributed by atoms with Gasteiger partial charge in [0.25, 0.3) is 5.91 Å². The second kappa shape index (κ2) is 7.17. The summed E-state index contributed by atoms with van der Waals surface area (Å²) in [6.07, 6.45) is 5.49. The van der Waals surface area contributed by atoms with Crippen molar-refractivity contribution in [2.75, 3.05) is 18.5 Å². The fraction of sp³-hybridized carbons (Fsp3) is 0.286. The van der Waals surface area contributed by atoms with Crippen molar-refractivity contribution in [2.45, 2.75) is 30.5 Å². The van der Waals surface area contributed by atoms with Gasteiger partial charge >= 0.3 is 0 Å².